The molecule has 1 aliphatic rings. The van der Waals surface area contributed by atoms with Crippen LogP contribution in [0.25, 0.3) is 0 Å². The number of ether oxygens (including phenoxy) is 2. The molecule has 0 radical (unpaired) electrons. The predicted octanol–water partition coefficient (Wildman–Crippen LogP) is 3.68. The van der Waals surface area contributed by atoms with Crippen molar-refractivity contribution in [2.24, 2.45) is 10.9 Å². The van der Waals surface area contributed by atoms with Crippen LogP contribution in [0.1, 0.15) is 32.6 Å². The number of amides is 1. The predicted molar refractivity (Wildman–Crippen MR) is 133 cm³/mol. The van der Waals surface area contributed by atoms with Gasteiger partial charge in [0.2, 0.25) is 5.91 Å². The van der Waals surface area contributed by atoms with E-state index in [2.05, 4.69) is 20.9 Å². The molecule has 1 fully saturated rings. The van der Waals surface area contributed by atoms with Crippen LogP contribution in [0.5, 0.6) is 0 Å². The first kappa shape index (κ1) is 26.9. The van der Waals surface area contributed by atoms with E-state index in [-0.39, 0.29) is 29.9 Å². The Balaban J connectivity index is 0.00000450. The van der Waals surface area contributed by atoms with Crippen molar-refractivity contribution in [1.29, 1.82) is 0 Å². The van der Waals surface area contributed by atoms with Gasteiger partial charge in [-0.2, -0.15) is 0 Å². The number of hydrogen-bond donors (Lipinski definition) is 3. The molecule has 0 bridgehead atoms. The number of benzene rings is 1. The summed E-state index contributed by atoms with van der Waals surface area (Å²) in [6.07, 6.45) is 3.13. The highest BCUT2D eigenvalue weighted by Gasteiger charge is 2.15. The quantitative estimate of drug-likeness (QED) is 0.160. The van der Waals surface area contributed by atoms with Crippen LogP contribution in [-0.2, 0) is 14.3 Å². The minimum Gasteiger partial charge on any atom is -0.381 e. The zero-order valence-electron chi connectivity index (χ0n) is 17.6. The van der Waals surface area contributed by atoms with Gasteiger partial charge in [0.05, 0.1) is 13.2 Å². The van der Waals surface area contributed by atoms with Crippen LogP contribution in [0, 0.1) is 5.92 Å². The topological polar surface area (TPSA) is 84.0 Å². The molecule has 0 spiro atoms. The Hall–Kier alpha value is -1.10. The second kappa shape index (κ2) is 16.6. The van der Waals surface area contributed by atoms with Crippen LogP contribution in [0.4, 0.5) is 5.69 Å². The Morgan fingerprint density at radius 3 is 2.77 bits per heavy atom. The average Bonchev–Trinajstić information content (AvgIpc) is 3.23. The second-order valence-electron chi connectivity index (χ2n) is 7.00. The first-order chi connectivity index (χ1) is 14.2. The standard InChI is InChI=1S/C21H33ClN4O3.HI/c1-2-23-21(25-12-4-13-28-15-17-10-14-29-16-17)24-11-3-5-20(27)26-19-8-6-18(22)7-9-19;/h6-9,17H,2-5,10-16H2,1H3,(H,26,27)(H2,23,24,25);1H. The molecule has 7 nitrogen and oxygen atoms in total. The summed E-state index contributed by atoms with van der Waals surface area (Å²) in [5, 5.41) is 10.0. The fraction of sp³-hybridized carbons (Fsp3) is 0.619. The van der Waals surface area contributed by atoms with Gasteiger partial charge in [0.25, 0.3) is 0 Å². The van der Waals surface area contributed by atoms with Gasteiger partial charge in [-0.25, -0.2) is 0 Å². The Labute approximate surface area is 201 Å². The lowest BCUT2D eigenvalue weighted by Crippen LogP contribution is -2.38. The third kappa shape index (κ3) is 11.9. The monoisotopic (exact) mass is 552 g/mol. The number of nitrogens with one attached hydrogen (secondary N) is 3. The molecule has 3 N–H and O–H groups in total. The summed E-state index contributed by atoms with van der Waals surface area (Å²) in [4.78, 5) is 16.5. The molecule has 1 saturated heterocycles. The van der Waals surface area contributed by atoms with Gasteiger partial charge in [0, 0.05) is 55.9 Å². The molecule has 30 heavy (non-hydrogen) atoms. The lowest BCUT2D eigenvalue weighted by atomic mass is 10.1. The Morgan fingerprint density at radius 1 is 1.27 bits per heavy atom. The van der Waals surface area contributed by atoms with E-state index in [4.69, 9.17) is 21.1 Å². The lowest BCUT2D eigenvalue weighted by Gasteiger charge is -2.12. The number of halogens is 2. The second-order valence-corrected chi connectivity index (χ2v) is 7.44. The van der Waals surface area contributed by atoms with E-state index in [1.54, 1.807) is 24.3 Å². The van der Waals surface area contributed by atoms with Crippen LogP contribution in [0.2, 0.25) is 5.02 Å². The fourth-order valence-corrected chi connectivity index (χ4v) is 3.00. The number of carbonyl (C=O) groups excluding carboxylic acids is 1. The maximum absolute atomic E-state index is 12.0. The van der Waals surface area contributed by atoms with Crippen molar-refractivity contribution in [3.05, 3.63) is 29.3 Å². The third-order valence-electron chi connectivity index (χ3n) is 4.44. The fourth-order valence-electron chi connectivity index (χ4n) is 2.87. The molecule has 1 unspecified atom stereocenters. The smallest absolute Gasteiger partial charge is 0.224 e. The number of rotatable bonds is 12. The van der Waals surface area contributed by atoms with E-state index in [9.17, 15) is 4.79 Å². The van der Waals surface area contributed by atoms with Gasteiger partial charge in [0.15, 0.2) is 5.96 Å². The first-order valence-corrected chi connectivity index (χ1v) is 10.8. The third-order valence-corrected chi connectivity index (χ3v) is 4.69. The maximum Gasteiger partial charge on any atom is 0.224 e. The number of anilines is 1. The van der Waals surface area contributed by atoms with Gasteiger partial charge in [-0.05, 0) is 50.5 Å². The highest BCUT2D eigenvalue weighted by molar-refractivity contribution is 14.0. The lowest BCUT2D eigenvalue weighted by molar-refractivity contribution is -0.116. The summed E-state index contributed by atoms with van der Waals surface area (Å²) in [6.45, 7) is 7.41. The SMILES string of the molecule is CCNC(=NCCCC(=O)Nc1ccc(Cl)cc1)NCCCOCC1CCOC1.I. The molecule has 1 heterocycles. The molecular weight excluding hydrogens is 519 g/mol. The summed E-state index contributed by atoms with van der Waals surface area (Å²) in [7, 11) is 0. The summed E-state index contributed by atoms with van der Waals surface area (Å²) in [5.74, 6) is 1.30. The number of aliphatic imine (C=N–C) groups is 1. The van der Waals surface area contributed by atoms with Crippen molar-refractivity contribution in [1.82, 2.24) is 10.6 Å². The van der Waals surface area contributed by atoms with Gasteiger partial charge >= 0.3 is 0 Å². The zero-order chi connectivity index (χ0) is 20.7. The molecule has 2 rings (SSSR count). The van der Waals surface area contributed by atoms with E-state index in [0.717, 1.165) is 64.0 Å². The molecule has 1 aromatic carbocycles. The molecular formula is C21H34ClIN4O3. The number of hydrogen-bond acceptors (Lipinski definition) is 4. The van der Waals surface area contributed by atoms with Crippen molar-refractivity contribution in [3.63, 3.8) is 0 Å². The van der Waals surface area contributed by atoms with Crippen LogP contribution >= 0.6 is 35.6 Å². The highest BCUT2D eigenvalue weighted by Crippen LogP contribution is 2.14. The molecule has 1 aromatic rings. The van der Waals surface area contributed by atoms with Crippen molar-refractivity contribution in [3.8, 4) is 0 Å². The molecule has 9 heteroatoms. The van der Waals surface area contributed by atoms with Crippen molar-refractivity contribution in [2.45, 2.75) is 32.6 Å². The van der Waals surface area contributed by atoms with E-state index >= 15 is 0 Å². The number of nitrogens with zero attached hydrogens (tertiary/aromatic N) is 1. The zero-order valence-corrected chi connectivity index (χ0v) is 20.7. The molecule has 0 aromatic heterocycles. The maximum atomic E-state index is 12.0. The van der Waals surface area contributed by atoms with Gasteiger partial charge in [-0.1, -0.05) is 11.6 Å². The number of guanidine groups is 1. The van der Waals surface area contributed by atoms with Crippen LogP contribution in [0.15, 0.2) is 29.3 Å². The van der Waals surface area contributed by atoms with E-state index < -0.39 is 0 Å². The van der Waals surface area contributed by atoms with Crippen molar-refractivity contribution < 1.29 is 14.3 Å². The Kier molecular flexibility index (Phi) is 14.9. The highest BCUT2D eigenvalue weighted by atomic mass is 127. The molecule has 0 saturated carbocycles. The van der Waals surface area contributed by atoms with Gasteiger partial charge < -0.3 is 25.4 Å². The molecule has 0 aliphatic carbocycles. The van der Waals surface area contributed by atoms with Gasteiger partial charge in [0.1, 0.15) is 0 Å². The van der Waals surface area contributed by atoms with Crippen LogP contribution < -0.4 is 16.0 Å². The Bertz CT molecular complexity index is 625. The molecule has 170 valence electrons. The number of carbonyl (C=O) groups is 1. The normalized spacial score (nSPS) is 16.1. The largest absolute Gasteiger partial charge is 0.381 e. The van der Waals surface area contributed by atoms with Gasteiger partial charge in [-0.15, -0.1) is 24.0 Å². The molecule has 1 aliphatic heterocycles. The first-order valence-electron chi connectivity index (χ1n) is 10.4. The van der Waals surface area contributed by atoms with Crippen molar-refractivity contribution in [2.75, 3.05) is 51.4 Å². The minimum absolute atomic E-state index is 0. The molecule has 1 atom stereocenters. The average molecular weight is 553 g/mol. The molecule has 1 amide bonds. The minimum atomic E-state index is -0.0229. The summed E-state index contributed by atoms with van der Waals surface area (Å²) < 4.78 is 11.1. The van der Waals surface area contributed by atoms with Gasteiger partial charge in [-0.3, -0.25) is 9.79 Å². The summed E-state index contributed by atoms with van der Waals surface area (Å²) >= 11 is 5.84. The van der Waals surface area contributed by atoms with E-state index in [0.29, 0.717) is 30.3 Å². The summed E-state index contributed by atoms with van der Waals surface area (Å²) in [5.41, 5.74) is 0.751. The van der Waals surface area contributed by atoms with Crippen LogP contribution in [-0.4, -0.2) is 57.9 Å². The van der Waals surface area contributed by atoms with Crippen molar-refractivity contribution >= 4 is 53.1 Å². The van der Waals surface area contributed by atoms with E-state index in [1.807, 2.05) is 6.92 Å². The van der Waals surface area contributed by atoms with Crippen LogP contribution in [0.3, 0.4) is 0 Å². The van der Waals surface area contributed by atoms with E-state index in [1.165, 1.54) is 0 Å². The summed E-state index contributed by atoms with van der Waals surface area (Å²) in [6, 6.07) is 7.09. The Morgan fingerprint density at radius 2 is 2.07 bits per heavy atom.